The highest BCUT2D eigenvalue weighted by atomic mass is 16.4. The van der Waals surface area contributed by atoms with Gasteiger partial charge in [-0.05, 0) is 67.9 Å². The van der Waals surface area contributed by atoms with Crippen molar-refractivity contribution in [1.29, 1.82) is 0 Å². The fraction of sp³-hybridized carbons (Fsp3) is 0.688. The molecular formula is C16H21NO2. The topological polar surface area (TPSA) is 42.2 Å². The molecule has 0 aromatic carbocycles. The number of hydrogen-bond acceptors (Lipinski definition) is 1. The first-order valence-electron chi connectivity index (χ1n) is 7.52. The van der Waals surface area contributed by atoms with Gasteiger partial charge in [-0.25, -0.2) is 4.79 Å². The third-order valence-corrected chi connectivity index (χ3v) is 5.95. The minimum absolute atomic E-state index is 0.434. The molecule has 4 aliphatic carbocycles. The molecular weight excluding hydrogens is 238 g/mol. The van der Waals surface area contributed by atoms with E-state index in [-0.39, 0.29) is 0 Å². The lowest BCUT2D eigenvalue weighted by atomic mass is 9.51. The SMILES string of the molecule is Cn1c(C(=O)O)ccc1C1C2CC3CC(C2)CC1C3. The lowest BCUT2D eigenvalue weighted by Gasteiger charge is -2.54. The number of nitrogens with zero attached hydrogens (tertiary/aromatic N) is 1. The molecule has 3 nitrogen and oxygen atoms in total. The normalized spacial score (nSPS) is 39.7. The first kappa shape index (κ1) is 11.6. The van der Waals surface area contributed by atoms with E-state index in [1.165, 1.54) is 37.8 Å². The van der Waals surface area contributed by atoms with Crippen LogP contribution < -0.4 is 0 Å². The molecule has 0 amide bonds. The van der Waals surface area contributed by atoms with E-state index in [9.17, 15) is 9.90 Å². The molecule has 102 valence electrons. The maximum absolute atomic E-state index is 11.2. The second kappa shape index (κ2) is 3.87. The van der Waals surface area contributed by atoms with Gasteiger partial charge in [-0.1, -0.05) is 0 Å². The highest BCUT2D eigenvalue weighted by Gasteiger charge is 2.49. The zero-order valence-electron chi connectivity index (χ0n) is 11.4. The van der Waals surface area contributed by atoms with E-state index in [4.69, 9.17) is 0 Å². The van der Waals surface area contributed by atoms with Gasteiger partial charge in [0.25, 0.3) is 0 Å². The number of carbonyl (C=O) groups is 1. The van der Waals surface area contributed by atoms with E-state index < -0.39 is 5.97 Å². The van der Waals surface area contributed by atoms with Gasteiger partial charge in [0.1, 0.15) is 5.69 Å². The first-order valence-corrected chi connectivity index (χ1v) is 7.52. The monoisotopic (exact) mass is 259 g/mol. The van der Waals surface area contributed by atoms with Gasteiger partial charge in [0.15, 0.2) is 0 Å². The molecule has 3 heteroatoms. The summed E-state index contributed by atoms with van der Waals surface area (Å²) in [5.41, 5.74) is 1.70. The molecule has 4 fully saturated rings. The third kappa shape index (κ3) is 1.60. The number of rotatable bonds is 2. The Balaban J connectivity index is 1.71. The van der Waals surface area contributed by atoms with Gasteiger partial charge in [0.05, 0.1) is 0 Å². The van der Waals surface area contributed by atoms with Crippen molar-refractivity contribution in [3.05, 3.63) is 23.5 Å². The predicted octanol–water partition coefficient (Wildman–Crippen LogP) is 3.26. The van der Waals surface area contributed by atoms with Crippen molar-refractivity contribution in [3.8, 4) is 0 Å². The van der Waals surface area contributed by atoms with Crippen LogP contribution in [0.1, 0.15) is 54.2 Å². The molecule has 1 heterocycles. The summed E-state index contributed by atoms with van der Waals surface area (Å²) in [5, 5.41) is 9.21. The Hall–Kier alpha value is -1.25. The van der Waals surface area contributed by atoms with E-state index in [2.05, 4.69) is 6.07 Å². The molecule has 0 atom stereocenters. The number of carboxylic acid groups (broad SMARTS) is 1. The summed E-state index contributed by atoms with van der Waals surface area (Å²) >= 11 is 0. The molecule has 19 heavy (non-hydrogen) atoms. The number of hydrogen-bond donors (Lipinski definition) is 1. The minimum Gasteiger partial charge on any atom is -0.477 e. The Kier molecular flexibility index (Phi) is 2.36. The molecule has 0 spiro atoms. The molecule has 4 saturated carbocycles. The van der Waals surface area contributed by atoms with E-state index in [1.54, 1.807) is 6.07 Å². The van der Waals surface area contributed by atoms with Gasteiger partial charge >= 0.3 is 5.97 Å². The van der Waals surface area contributed by atoms with E-state index in [1.807, 2.05) is 11.6 Å². The van der Waals surface area contributed by atoms with Crippen LogP contribution in [0.4, 0.5) is 0 Å². The van der Waals surface area contributed by atoms with Crippen LogP contribution in [-0.4, -0.2) is 15.6 Å². The number of aromatic carboxylic acids is 1. The van der Waals surface area contributed by atoms with Crippen LogP contribution in [0.3, 0.4) is 0 Å². The van der Waals surface area contributed by atoms with Gasteiger partial charge in [-0.3, -0.25) is 0 Å². The van der Waals surface area contributed by atoms with Crippen LogP contribution in [-0.2, 0) is 7.05 Å². The molecule has 4 bridgehead atoms. The molecule has 5 rings (SSSR count). The van der Waals surface area contributed by atoms with Crippen LogP contribution in [0.25, 0.3) is 0 Å². The minimum atomic E-state index is -0.808. The second-order valence-corrected chi connectivity index (χ2v) is 6.96. The zero-order chi connectivity index (χ0) is 13.1. The third-order valence-electron chi connectivity index (χ3n) is 5.95. The molecule has 1 N–H and O–H groups in total. The van der Waals surface area contributed by atoms with Crippen LogP contribution in [0.2, 0.25) is 0 Å². The summed E-state index contributed by atoms with van der Waals surface area (Å²) in [6, 6.07) is 3.85. The van der Waals surface area contributed by atoms with Crippen molar-refractivity contribution in [3.63, 3.8) is 0 Å². The number of aromatic nitrogens is 1. The molecule has 1 aromatic heterocycles. The van der Waals surface area contributed by atoms with Crippen molar-refractivity contribution in [1.82, 2.24) is 4.57 Å². The summed E-state index contributed by atoms with van der Waals surface area (Å²) < 4.78 is 1.93. The van der Waals surface area contributed by atoms with Crippen molar-refractivity contribution >= 4 is 5.97 Å². The summed E-state index contributed by atoms with van der Waals surface area (Å²) in [7, 11) is 1.92. The Morgan fingerprint density at radius 1 is 1.11 bits per heavy atom. The zero-order valence-corrected chi connectivity index (χ0v) is 11.4. The Morgan fingerprint density at radius 3 is 2.16 bits per heavy atom. The van der Waals surface area contributed by atoms with Gasteiger partial charge in [0.2, 0.25) is 0 Å². The smallest absolute Gasteiger partial charge is 0.352 e. The van der Waals surface area contributed by atoms with Gasteiger partial charge in [-0.2, -0.15) is 0 Å². The average molecular weight is 259 g/mol. The molecule has 4 aliphatic rings. The highest BCUT2D eigenvalue weighted by molar-refractivity contribution is 5.86. The molecule has 0 unspecified atom stereocenters. The Morgan fingerprint density at radius 2 is 1.68 bits per heavy atom. The molecule has 1 aromatic rings. The van der Waals surface area contributed by atoms with Crippen molar-refractivity contribution in [2.75, 3.05) is 0 Å². The predicted molar refractivity (Wildman–Crippen MR) is 72.2 cm³/mol. The van der Waals surface area contributed by atoms with E-state index in [0.29, 0.717) is 11.6 Å². The van der Waals surface area contributed by atoms with Crippen molar-refractivity contribution in [2.24, 2.45) is 30.7 Å². The maximum atomic E-state index is 11.2. The number of carboxylic acids is 1. The van der Waals surface area contributed by atoms with E-state index in [0.717, 1.165) is 23.7 Å². The molecule has 0 saturated heterocycles. The summed E-state index contributed by atoms with van der Waals surface area (Å²) in [4.78, 5) is 11.2. The molecule has 0 radical (unpaired) electrons. The first-order chi connectivity index (χ1) is 9.13. The fourth-order valence-electron chi connectivity index (χ4n) is 5.48. The van der Waals surface area contributed by atoms with Gasteiger partial charge in [-0.15, -0.1) is 0 Å². The van der Waals surface area contributed by atoms with Crippen LogP contribution >= 0.6 is 0 Å². The van der Waals surface area contributed by atoms with Crippen molar-refractivity contribution in [2.45, 2.75) is 38.0 Å². The summed E-state index contributed by atoms with van der Waals surface area (Å²) in [5.74, 6) is 3.37. The standard InChI is InChI=1S/C16H21NO2/c1-17-13(2-3-14(17)16(18)19)15-11-5-9-4-10(7-11)8-12(15)6-9/h2-3,9-12,15H,4-8H2,1H3,(H,18,19). The van der Waals surface area contributed by atoms with E-state index >= 15 is 0 Å². The van der Waals surface area contributed by atoms with Gasteiger partial charge in [0, 0.05) is 18.7 Å². The second-order valence-electron chi connectivity index (χ2n) is 6.96. The highest BCUT2D eigenvalue weighted by Crippen LogP contribution is 2.59. The Bertz CT molecular complexity index is 503. The lowest BCUT2D eigenvalue weighted by Crippen LogP contribution is -2.44. The molecule has 0 aliphatic heterocycles. The van der Waals surface area contributed by atoms with Crippen LogP contribution in [0.15, 0.2) is 12.1 Å². The van der Waals surface area contributed by atoms with Crippen LogP contribution in [0, 0.1) is 23.7 Å². The van der Waals surface area contributed by atoms with Crippen molar-refractivity contribution < 1.29 is 9.90 Å². The maximum Gasteiger partial charge on any atom is 0.352 e. The largest absolute Gasteiger partial charge is 0.477 e. The summed E-state index contributed by atoms with van der Waals surface area (Å²) in [6.07, 6.45) is 6.99. The van der Waals surface area contributed by atoms with Crippen LogP contribution in [0.5, 0.6) is 0 Å². The Labute approximate surface area is 113 Å². The quantitative estimate of drug-likeness (QED) is 0.885. The average Bonchev–Trinajstić information content (AvgIpc) is 2.70. The summed E-state index contributed by atoms with van der Waals surface area (Å²) in [6.45, 7) is 0. The lowest BCUT2D eigenvalue weighted by molar-refractivity contribution is -0.00511. The fourth-order valence-corrected chi connectivity index (χ4v) is 5.48. The van der Waals surface area contributed by atoms with Gasteiger partial charge < -0.3 is 9.67 Å².